The Morgan fingerprint density at radius 1 is 1.36 bits per heavy atom. The van der Waals surface area contributed by atoms with Gasteiger partial charge in [0, 0.05) is 25.2 Å². The van der Waals surface area contributed by atoms with E-state index in [2.05, 4.69) is 22.9 Å². The number of hydrogen-bond donors (Lipinski definition) is 1. The van der Waals surface area contributed by atoms with Gasteiger partial charge in [-0.2, -0.15) is 5.26 Å². The van der Waals surface area contributed by atoms with Crippen LogP contribution in [0.3, 0.4) is 0 Å². The van der Waals surface area contributed by atoms with E-state index in [1.165, 1.54) is 6.07 Å². The van der Waals surface area contributed by atoms with Crippen LogP contribution in [0.25, 0.3) is 0 Å². The highest BCUT2D eigenvalue weighted by Crippen LogP contribution is 2.29. The second-order valence-electron chi connectivity index (χ2n) is 8.83. The number of nitrogens with one attached hydrogen (secondary N) is 1. The smallest absolute Gasteiger partial charge is 0.280 e. The van der Waals surface area contributed by atoms with E-state index < -0.39 is 6.43 Å². The van der Waals surface area contributed by atoms with Crippen molar-refractivity contribution in [3.63, 3.8) is 0 Å². The van der Waals surface area contributed by atoms with Gasteiger partial charge in [0.1, 0.15) is 11.5 Å². The number of nitriles is 1. The van der Waals surface area contributed by atoms with Crippen molar-refractivity contribution in [2.24, 2.45) is 0 Å². The first-order valence-corrected chi connectivity index (χ1v) is 11.8. The number of aromatic nitrogens is 1. The molecule has 0 saturated carbocycles. The van der Waals surface area contributed by atoms with Gasteiger partial charge in [0.2, 0.25) is 0 Å². The number of carbonyl (C=O) groups excluding carboxylic acids is 1. The lowest BCUT2D eigenvalue weighted by Crippen LogP contribution is -2.33. The average molecular weight is 491 g/mol. The molecule has 1 saturated heterocycles. The molecule has 2 aromatic rings. The monoisotopic (exact) mass is 490 g/mol. The number of hydrogen-bond acceptors (Lipinski definition) is 5. The Morgan fingerprint density at radius 2 is 2.19 bits per heavy atom. The van der Waals surface area contributed by atoms with E-state index >= 15 is 0 Å². The Hall–Kier alpha value is -3.83. The minimum absolute atomic E-state index is 0.238. The SMILES string of the molecule is C=C(/C=C1/CN(c2cccc(C(F)F)n2)CC/C1=C/C)CNC(=O)c1ccc2c(c1)C(C#N)COC2. The highest BCUT2D eigenvalue weighted by molar-refractivity contribution is 5.94. The van der Waals surface area contributed by atoms with Gasteiger partial charge in [-0.25, -0.2) is 13.8 Å². The number of halogens is 2. The molecule has 6 nitrogen and oxygen atoms in total. The largest absolute Gasteiger partial charge is 0.375 e. The van der Waals surface area contributed by atoms with Gasteiger partial charge in [0.05, 0.1) is 25.2 Å². The molecule has 36 heavy (non-hydrogen) atoms. The predicted octanol–water partition coefficient (Wildman–Crippen LogP) is 5.23. The Kier molecular flexibility index (Phi) is 7.91. The number of carbonyl (C=O) groups is 1. The van der Waals surface area contributed by atoms with E-state index in [9.17, 15) is 18.8 Å². The van der Waals surface area contributed by atoms with E-state index in [0.717, 1.165) is 34.3 Å². The molecule has 8 heteroatoms. The van der Waals surface area contributed by atoms with Gasteiger partial charge in [-0.3, -0.25) is 4.79 Å². The third-order valence-corrected chi connectivity index (χ3v) is 6.41. The van der Waals surface area contributed by atoms with Crippen molar-refractivity contribution >= 4 is 11.7 Å². The fourth-order valence-electron chi connectivity index (χ4n) is 4.47. The van der Waals surface area contributed by atoms with Gasteiger partial charge >= 0.3 is 0 Å². The number of pyridine rings is 1. The number of fused-ring (bicyclic) bond motifs is 1. The van der Waals surface area contributed by atoms with Crippen molar-refractivity contribution in [1.82, 2.24) is 10.3 Å². The molecule has 0 spiro atoms. The summed E-state index contributed by atoms with van der Waals surface area (Å²) in [7, 11) is 0. The Labute approximate surface area is 209 Å². The topological polar surface area (TPSA) is 78.3 Å². The summed E-state index contributed by atoms with van der Waals surface area (Å²) in [4.78, 5) is 18.9. The fourth-order valence-corrected chi connectivity index (χ4v) is 4.47. The maximum Gasteiger partial charge on any atom is 0.280 e. The van der Waals surface area contributed by atoms with E-state index in [4.69, 9.17) is 4.74 Å². The molecule has 1 fully saturated rings. The molecule has 186 valence electrons. The zero-order chi connectivity index (χ0) is 25.7. The lowest BCUT2D eigenvalue weighted by Gasteiger charge is -2.32. The molecule has 0 radical (unpaired) electrons. The molecule has 1 atom stereocenters. The standard InChI is InChI=1S/C28H28F2N4O2/c1-3-19-9-10-34(26-6-4-5-25(33-26)27(29)30)15-22(19)11-18(2)14-32-28(35)20-7-8-21-16-36-17-23(13-31)24(21)12-20/h3-8,11-12,23,27H,2,9-10,14-17H2,1H3,(H,32,35)/b19-3-,22-11-. The zero-order valence-corrected chi connectivity index (χ0v) is 20.1. The minimum atomic E-state index is -2.62. The van der Waals surface area contributed by atoms with Gasteiger partial charge in [0.15, 0.2) is 0 Å². The second kappa shape index (κ2) is 11.3. The second-order valence-corrected chi connectivity index (χ2v) is 8.83. The highest BCUT2D eigenvalue weighted by Gasteiger charge is 2.23. The van der Waals surface area contributed by atoms with Crippen LogP contribution < -0.4 is 10.2 Å². The molecule has 1 amide bonds. The molecular formula is C28H28F2N4O2. The Morgan fingerprint density at radius 3 is 2.94 bits per heavy atom. The highest BCUT2D eigenvalue weighted by atomic mass is 19.3. The molecule has 4 rings (SSSR count). The number of nitrogens with zero attached hydrogens (tertiary/aromatic N) is 3. The van der Waals surface area contributed by atoms with E-state index in [1.807, 2.05) is 30.0 Å². The summed E-state index contributed by atoms with van der Waals surface area (Å²) in [6.45, 7) is 8.26. The van der Waals surface area contributed by atoms with Gasteiger partial charge in [0.25, 0.3) is 12.3 Å². The van der Waals surface area contributed by atoms with Crippen LogP contribution in [0.4, 0.5) is 14.6 Å². The Bertz CT molecular complexity index is 1260. The summed E-state index contributed by atoms with van der Waals surface area (Å²) in [5, 5.41) is 12.3. The van der Waals surface area contributed by atoms with Crippen molar-refractivity contribution in [3.8, 4) is 6.07 Å². The van der Waals surface area contributed by atoms with Crippen LogP contribution in [0, 0.1) is 11.3 Å². The van der Waals surface area contributed by atoms with Gasteiger partial charge in [-0.1, -0.05) is 30.9 Å². The van der Waals surface area contributed by atoms with E-state index in [0.29, 0.717) is 37.7 Å². The molecule has 2 aliphatic rings. The summed E-state index contributed by atoms with van der Waals surface area (Å²) < 4.78 is 31.6. The maximum atomic E-state index is 13.1. The van der Waals surface area contributed by atoms with E-state index in [1.54, 1.807) is 24.3 Å². The molecular weight excluding hydrogens is 462 g/mol. The lowest BCUT2D eigenvalue weighted by atomic mass is 9.92. The lowest BCUT2D eigenvalue weighted by molar-refractivity contribution is 0.0952. The summed E-state index contributed by atoms with van der Waals surface area (Å²) in [6, 6.07) is 12.2. The predicted molar refractivity (Wildman–Crippen MR) is 134 cm³/mol. The first kappa shape index (κ1) is 25.3. The first-order chi connectivity index (χ1) is 17.4. The average Bonchev–Trinajstić information content (AvgIpc) is 2.91. The van der Waals surface area contributed by atoms with Crippen LogP contribution in [0.2, 0.25) is 0 Å². The van der Waals surface area contributed by atoms with Crippen LogP contribution >= 0.6 is 0 Å². The van der Waals surface area contributed by atoms with Crippen LogP contribution in [-0.2, 0) is 11.3 Å². The normalized spacial score (nSPS) is 19.8. The maximum absolute atomic E-state index is 13.1. The minimum Gasteiger partial charge on any atom is -0.375 e. The van der Waals surface area contributed by atoms with Crippen LogP contribution in [0.1, 0.15) is 52.9 Å². The van der Waals surface area contributed by atoms with Crippen LogP contribution in [-0.4, -0.2) is 37.1 Å². The summed E-state index contributed by atoms with van der Waals surface area (Å²) in [5.74, 6) is -0.114. The van der Waals surface area contributed by atoms with Gasteiger partial charge < -0.3 is 15.0 Å². The number of ether oxygens (including phenoxy) is 1. The molecule has 1 unspecified atom stereocenters. The molecule has 2 aliphatic heterocycles. The van der Waals surface area contributed by atoms with Crippen molar-refractivity contribution in [3.05, 3.63) is 94.2 Å². The number of rotatable bonds is 6. The van der Waals surface area contributed by atoms with Crippen molar-refractivity contribution in [1.29, 1.82) is 5.26 Å². The summed E-state index contributed by atoms with van der Waals surface area (Å²) in [6.07, 6.45) is 2.12. The van der Waals surface area contributed by atoms with Crippen molar-refractivity contribution in [2.75, 3.05) is 31.1 Å². The number of amides is 1. The van der Waals surface area contributed by atoms with E-state index in [-0.39, 0.29) is 24.1 Å². The van der Waals surface area contributed by atoms with Gasteiger partial charge in [-0.15, -0.1) is 0 Å². The quantitative estimate of drug-likeness (QED) is 0.600. The summed E-state index contributed by atoms with van der Waals surface area (Å²) in [5.41, 5.74) is 4.89. The number of allylic oxidation sites excluding steroid dienone is 1. The summed E-state index contributed by atoms with van der Waals surface area (Å²) >= 11 is 0. The molecule has 1 N–H and O–H groups in total. The molecule has 0 aliphatic carbocycles. The number of alkyl halides is 2. The molecule has 1 aromatic carbocycles. The van der Waals surface area contributed by atoms with Crippen LogP contribution in [0.15, 0.2) is 71.8 Å². The zero-order valence-electron chi connectivity index (χ0n) is 20.1. The van der Waals surface area contributed by atoms with Gasteiger partial charge in [-0.05, 0) is 65.5 Å². The third kappa shape index (κ3) is 5.69. The fraction of sp³-hybridized carbons (Fsp3) is 0.321. The molecule has 3 heterocycles. The third-order valence-electron chi connectivity index (χ3n) is 6.41. The Balaban J connectivity index is 1.43. The molecule has 0 bridgehead atoms. The van der Waals surface area contributed by atoms with Crippen LogP contribution in [0.5, 0.6) is 0 Å². The van der Waals surface area contributed by atoms with Crippen molar-refractivity contribution < 1.29 is 18.3 Å². The number of benzene rings is 1. The first-order valence-electron chi connectivity index (χ1n) is 11.8. The number of anilines is 1. The molecule has 1 aromatic heterocycles. The van der Waals surface area contributed by atoms with Crippen molar-refractivity contribution in [2.45, 2.75) is 32.3 Å². The number of piperidine rings is 1.